The van der Waals surface area contributed by atoms with Crippen molar-refractivity contribution in [1.29, 1.82) is 5.26 Å². The number of benzene rings is 2. The van der Waals surface area contributed by atoms with Gasteiger partial charge in [0.25, 0.3) is 10.1 Å². The maximum absolute atomic E-state index is 12.6. The number of hydrogen-bond acceptors (Lipinski definition) is 9. The van der Waals surface area contributed by atoms with Gasteiger partial charge in [0.2, 0.25) is 0 Å². The molecule has 3 rings (SSSR count). The minimum atomic E-state index is -3.98. The Balaban J connectivity index is 1.82. The van der Waals surface area contributed by atoms with Crippen molar-refractivity contribution in [3.8, 4) is 6.07 Å². The lowest BCUT2D eigenvalue weighted by Gasteiger charge is -2.23. The minimum Gasteiger partial charge on any atom is -0.459 e. The fraction of sp³-hybridized carbons (Fsp3) is 0.318. The summed E-state index contributed by atoms with van der Waals surface area (Å²) < 4.78 is 45.3. The highest BCUT2D eigenvalue weighted by Gasteiger charge is 2.50. The normalized spacial score (nSPS) is 22.6. The van der Waals surface area contributed by atoms with E-state index in [4.69, 9.17) is 23.7 Å². The summed E-state index contributed by atoms with van der Waals surface area (Å²) in [4.78, 5) is 24.9. The predicted octanol–water partition coefficient (Wildman–Crippen LogP) is 2.09. The van der Waals surface area contributed by atoms with E-state index in [9.17, 15) is 18.0 Å². The summed E-state index contributed by atoms with van der Waals surface area (Å²) in [6, 6.07) is 18.2. The highest BCUT2D eigenvalue weighted by molar-refractivity contribution is 7.86. The Hall–Kier alpha value is -3.26. The van der Waals surface area contributed by atoms with Crippen LogP contribution in [0, 0.1) is 11.3 Å². The van der Waals surface area contributed by atoms with Crippen molar-refractivity contribution >= 4 is 22.1 Å². The van der Waals surface area contributed by atoms with Crippen LogP contribution in [0.15, 0.2) is 60.7 Å². The lowest BCUT2D eigenvalue weighted by Crippen LogP contribution is -2.41. The van der Waals surface area contributed by atoms with E-state index in [2.05, 4.69) is 0 Å². The van der Waals surface area contributed by atoms with Gasteiger partial charge in [-0.3, -0.25) is 4.18 Å². The van der Waals surface area contributed by atoms with Gasteiger partial charge in [0.1, 0.15) is 24.9 Å². The third-order valence-electron chi connectivity index (χ3n) is 4.63. The van der Waals surface area contributed by atoms with Gasteiger partial charge in [-0.2, -0.15) is 13.7 Å². The van der Waals surface area contributed by atoms with Crippen LogP contribution in [0.3, 0.4) is 0 Å². The largest absolute Gasteiger partial charge is 0.459 e. The van der Waals surface area contributed by atoms with E-state index in [0.717, 1.165) is 6.26 Å². The summed E-state index contributed by atoms with van der Waals surface area (Å²) >= 11 is 0. The number of rotatable bonds is 8. The van der Waals surface area contributed by atoms with Gasteiger partial charge in [-0.1, -0.05) is 36.4 Å². The van der Waals surface area contributed by atoms with E-state index in [1.807, 2.05) is 6.07 Å². The second-order valence-corrected chi connectivity index (χ2v) is 8.64. The minimum absolute atomic E-state index is 0.220. The lowest BCUT2D eigenvalue weighted by atomic mass is 10.1. The Morgan fingerprint density at radius 2 is 1.50 bits per heavy atom. The van der Waals surface area contributed by atoms with E-state index in [0.29, 0.717) is 5.56 Å². The van der Waals surface area contributed by atoms with E-state index in [1.165, 1.54) is 12.1 Å². The van der Waals surface area contributed by atoms with Gasteiger partial charge >= 0.3 is 11.9 Å². The SMILES string of the molecule is CS(=O)(=O)O[C@H]1[C@H](OC(=O)c2ccccc2)[C@@H](COC(=O)c2ccccc2)O[C@H]1CC#N. The van der Waals surface area contributed by atoms with Crippen molar-refractivity contribution < 1.29 is 36.4 Å². The summed E-state index contributed by atoms with van der Waals surface area (Å²) in [6.45, 7) is -0.341. The summed E-state index contributed by atoms with van der Waals surface area (Å²) in [5, 5.41) is 9.11. The molecule has 0 aromatic heterocycles. The van der Waals surface area contributed by atoms with Crippen molar-refractivity contribution in [3.05, 3.63) is 71.8 Å². The van der Waals surface area contributed by atoms with E-state index < -0.39 is 46.5 Å². The van der Waals surface area contributed by atoms with Crippen LogP contribution in [0.4, 0.5) is 0 Å². The molecule has 0 bridgehead atoms. The van der Waals surface area contributed by atoms with Crippen molar-refractivity contribution in [1.82, 2.24) is 0 Å². The topological polar surface area (TPSA) is 129 Å². The first-order valence-corrected chi connectivity index (χ1v) is 11.5. The van der Waals surface area contributed by atoms with Crippen LogP contribution < -0.4 is 0 Å². The van der Waals surface area contributed by atoms with Crippen LogP contribution in [-0.2, 0) is 28.5 Å². The third kappa shape index (κ3) is 6.13. The molecule has 9 nitrogen and oxygen atoms in total. The van der Waals surface area contributed by atoms with Crippen LogP contribution in [0.1, 0.15) is 27.1 Å². The second-order valence-electron chi connectivity index (χ2n) is 7.04. The van der Waals surface area contributed by atoms with Gasteiger partial charge in [-0.25, -0.2) is 9.59 Å². The molecule has 2 aromatic rings. The molecule has 0 unspecified atom stereocenters. The maximum atomic E-state index is 12.6. The Morgan fingerprint density at radius 3 is 2.03 bits per heavy atom. The number of nitriles is 1. The maximum Gasteiger partial charge on any atom is 0.338 e. The molecule has 0 spiro atoms. The smallest absolute Gasteiger partial charge is 0.338 e. The quantitative estimate of drug-likeness (QED) is 0.430. The first-order valence-electron chi connectivity index (χ1n) is 9.67. The third-order valence-corrected chi connectivity index (χ3v) is 5.20. The zero-order valence-corrected chi connectivity index (χ0v) is 17.9. The highest BCUT2D eigenvalue weighted by atomic mass is 32.2. The van der Waals surface area contributed by atoms with Crippen molar-refractivity contribution in [2.24, 2.45) is 0 Å². The van der Waals surface area contributed by atoms with Crippen LogP contribution in [0.2, 0.25) is 0 Å². The number of esters is 2. The molecule has 168 valence electrons. The second kappa shape index (κ2) is 10.4. The first-order chi connectivity index (χ1) is 15.3. The fourth-order valence-corrected chi connectivity index (χ4v) is 3.87. The summed E-state index contributed by atoms with van der Waals surface area (Å²) in [5.41, 5.74) is 0.537. The predicted molar refractivity (Wildman–Crippen MR) is 111 cm³/mol. The Kier molecular flexibility index (Phi) is 7.58. The molecule has 2 aromatic carbocycles. The average molecular weight is 459 g/mol. The molecule has 10 heteroatoms. The molecule has 1 heterocycles. The molecule has 1 aliphatic rings. The monoisotopic (exact) mass is 459 g/mol. The lowest BCUT2D eigenvalue weighted by molar-refractivity contribution is -0.0423. The van der Waals surface area contributed by atoms with Gasteiger partial charge in [0.15, 0.2) is 6.10 Å². The van der Waals surface area contributed by atoms with Crippen molar-refractivity contribution in [3.63, 3.8) is 0 Å². The number of carbonyl (C=O) groups excluding carboxylic acids is 2. The molecule has 0 amide bonds. The number of hydrogen-bond donors (Lipinski definition) is 0. The molecule has 32 heavy (non-hydrogen) atoms. The van der Waals surface area contributed by atoms with Gasteiger partial charge in [0, 0.05) is 0 Å². The molecule has 0 N–H and O–H groups in total. The zero-order chi connectivity index (χ0) is 23.1. The molecular formula is C22H21NO8S. The van der Waals surface area contributed by atoms with Gasteiger partial charge < -0.3 is 14.2 Å². The van der Waals surface area contributed by atoms with Gasteiger partial charge in [-0.15, -0.1) is 0 Å². The molecule has 0 saturated carbocycles. The molecule has 0 radical (unpaired) electrons. The van der Waals surface area contributed by atoms with E-state index in [1.54, 1.807) is 48.5 Å². The number of ether oxygens (including phenoxy) is 3. The average Bonchev–Trinajstić information content (AvgIpc) is 3.08. The highest BCUT2D eigenvalue weighted by Crippen LogP contribution is 2.31. The number of nitrogens with zero attached hydrogens (tertiary/aromatic N) is 1. The first kappa shape index (κ1) is 23.4. The molecule has 1 saturated heterocycles. The van der Waals surface area contributed by atoms with E-state index >= 15 is 0 Å². The molecule has 4 atom stereocenters. The van der Waals surface area contributed by atoms with Crippen LogP contribution >= 0.6 is 0 Å². The van der Waals surface area contributed by atoms with Gasteiger partial charge in [0.05, 0.1) is 29.9 Å². The van der Waals surface area contributed by atoms with Crippen molar-refractivity contribution in [2.75, 3.05) is 12.9 Å². The molecule has 1 aliphatic heterocycles. The standard InChI is InChI=1S/C22H21NO8S/c1-32(26,27)31-20-17(12-13-23)29-18(14-28-21(24)15-8-4-2-5-9-15)19(20)30-22(25)16-10-6-3-7-11-16/h2-11,17-20H,12,14H2,1H3/t17-,18+,19+,20+/m0/s1. The Bertz CT molecular complexity index is 1080. The Morgan fingerprint density at radius 1 is 0.938 bits per heavy atom. The summed E-state index contributed by atoms with van der Waals surface area (Å²) in [7, 11) is -3.98. The molecule has 1 fully saturated rings. The summed E-state index contributed by atoms with van der Waals surface area (Å²) in [6.07, 6.45) is -3.95. The van der Waals surface area contributed by atoms with Gasteiger partial charge in [-0.05, 0) is 24.3 Å². The number of carbonyl (C=O) groups is 2. The van der Waals surface area contributed by atoms with Crippen LogP contribution in [-0.4, -0.2) is 57.6 Å². The van der Waals surface area contributed by atoms with E-state index in [-0.39, 0.29) is 18.6 Å². The van der Waals surface area contributed by atoms with Crippen LogP contribution in [0.5, 0.6) is 0 Å². The molecule has 0 aliphatic carbocycles. The summed E-state index contributed by atoms with van der Waals surface area (Å²) in [5.74, 6) is -1.37. The Labute approximate surface area is 185 Å². The molecular weight excluding hydrogens is 438 g/mol. The van der Waals surface area contributed by atoms with Crippen molar-refractivity contribution in [2.45, 2.75) is 30.8 Å². The zero-order valence-electron chi connectivity index (χ0n) is 17.1. The fourth-order valence-electron chi connectivity index (χ4n) is 3.23. The van der Waals surface area contributed by atoms with Crippen LogP contribution in [0.25, 0.3) is 0 Å².